The summed E-state index contributed by atoms with van der Waals surface area (Å²) in [4.78, 5) is 14.6. The monoisotopic (exact) mass is 419 g/mol. The second-order valence-electron chi connectivity index (χ2n) is 7.98. The number of hydrogen-bond donors (Lipinski definition) is 0. The summed E-state index contributed by atoms with van der Waals surface area (Å²) >= 11 is 0. The van der Waals surface area contributed by atoms with Crippen LogP contribution in [-0.4, -0.2) is 46.9 Å². The molecule has 1 aliphatic rings. The van der Waals surface area contributed by atoms with E-state index >= 15 is 0 Å². The van der Waals surface area contributed by atoms with Crippen LogP contribution < -0.4 is 4.74 Å². The molecule has 4 rings (SSSR count). The predicted octanol–water partition coefficient (Wildman–Crippen LogP) is 4.38. The molecule has 1 aromatic heterocycles. The molecule has 0 atom stereocenters. The molecule has 3 aromatic rings. The molecule has 1 aliphatic heterocycles. The van der Waals surface area contributed by atoms with Crippen LogP contribution in [0, 0.1) is 20.8 Å². The molecule has 2 heterocycles. The fourth-order valence-electron chi connectivity index (χ4n) is 3.89. The van der Waals surface area contributed by atoms with Crippen molar-refractivity contribution in [2.45, 2.75) is 33.6 Å². The molecule has 1 fully saturated rings. The molecule has 0 N–H and O–H groups in total. The van der Waals surface area contributed by atoms with Crippen molar-refractivity contribution < 1.29 is 14.3 Å². The first-order valence-corrected chi connectivity index (χ1v) is 10.8. The lowest BCUT2D eigenvalue weighted by Crippen LogP contribution is -2.40. The number of morpholine rings is 1. The number of hydrogen-bond acceptors (Lipinski definition) is 4. The largest absolute Gasteiger partial charge is 0.439 e. The van der Waals surface area contributed by atoms with Gasteiger partial charge in [-0.25, -0.2) is 0 Å². The van der Waals surface area contributed by atoms with Gasteiger partial charge in [0.2, 0.25) is 11.8 Å². The second kappa shape index (κ2) is 9.35. The van der Waals surface area contributed by atoms with Crippen LogP contribution in [0.25, 0.3) is 5.69 Å². The Balaban J connectivity index is 1.66. The molecule has 1 amide bonds. The summed E-state index contributed by atoms with van der Waals surface area (Å²) in [5, 5.41) is 4.80. The molecule has 6 heteroatoms. The van der Waals surface area contributed by atoms with Crippen molar-refractivity contribution in [2.24, 2.45) is 0 Å². The minimum absolute atomic E-state index is 0.146. The van der Waals surface area contributed by atoms with Gasteiger partial charge in [0.25, 0.3) is 0 Å². The highest BCUT2D eigenvalue weighted by Crippen LogP contribution is 2.32. The number of aryl methyl sites for hydroxylation is 3. The van der Waals surface area contributed by atoms with Crippen molar-refractivity contribution >= 4 is 5.91 Å². The van der Waals surface area contributed by atoms with Crippen molar-refractivity contribution in [3.63, 3.8) is 0 Å². The average Bonchev–Trinajstić information content (AvgIpc) is 3.07. The fourth-order valence-corrected chi connectivity index (χ4v) is 3.89. The van der Waals surface area contributed by atoms with Crippen LogP contribution >= 0.6 is 0 Å². The first-order valence-electron chi connectivity index (χ1n) is 10.8. The summed E-state index contributed by atoms with van der Waals surface area (Å²) < 4.78 is 13.6. The summed E-state index contributed by atoms with van der Waals surface area (Å²) in [7, 11) is 0. The molecule has 1 saturated heterocycles. The smallest absolute Gasteiger partial charge is 0.226 e. The Labute approximate surface area is 183 Å². The molecule has 6 nitrogen and oxygen atoms in total. The van der Waals surface area contributed by atoms with Gasteiger partial charge in [-0.2, -0.15) is 9.78 Å². The van der Waals surface area contributed by atoms with Gasteiger partial charge in [-0.05, 0) is 56.5 Å². The van der Waals surface area contributed by atoms with Crippen LogP contribution in [-0.2, 0) is 16.0 Å². The minimum atomic E-state index is 0.146. The number of benzene rings is 2. The Bertz CT molecular complexity index is 1070. The number of carbonyl (C=O) groups is 1. The second-order valence-corrected chi connectivity index (χ2v) is 7.98. The number of amides is 1. The average molecular weight is 420 g/mol. The third-order valence-corrected chi connectivity index (χ3v) is 5.64. The van der Waals surface area contributed by atoms with E-state index in [1.165, 1.54) is 0 Å². The van der Waals surface area contributed by atoms with Crippen molar-refractivity contribution in [2.75, 3.05) is 26.3 Å². The van der Waals surface area contributed by atoms with E-state index in [0.717, 1.165) is 33.8 Å². The molecular formula is C25H29N3O3. The summed E-state index contributed by atoms with van der Waals surface area (Å²) in [6.45, 7) is 8.62. The third-order valence-electron chi connectivity index (χ3n) is 5.64. The molecule has 0 saturated carbocycles. The Morgan fingerprint density at radius 1 is 1.06 bits per heavy atom. The van der Waals surface area contributed by atoms with E-state index < -0.39 is 0 Å². The normalized spacial score (nSPS) is 14.0. The first-order chi connectivity index (χ1) is 15.0. The molecular weight excluding hydrogens is 390 g/mol. The third kappa shape index (κ3) is 4.80. The van der Waals surface area contributed by atoms with Crippen LogP contribution in [0.15, 0.2) is 48.5 Å². The SMILES string of the molecule is Cc1cccc(Oc2c(CCC(=O)N3CCOCC3)c(C)nn2-c2ccccc2C)c1. The van der Waals surface area contributed by atoms with Crippen LogP contribution in [0.1, 0.15) is 28.8 Å². The number of aromatic nitrogens is 2. The van der Waals surface area contributed by atoms with Gasteiger partial charge in [0, 0.05) is 25.1 Å². The predicted molar refractivity (Wildman–Crippen MR) is 120 cm³/mol. The van der Waals surface area contributed by atoms with Gasteiger partial charge in [0.1, 0.15) is 5.75 Å². The van der Waals surface area contributed by atoms with Crippen LogP contribution in [0.5, 0.6) is 11.6 Å². The van der Waals surface area contributed by atoms with E-state index in [2.05, 4.69) is 13.0 Å². The van der Waals surface area contributed by atoms with E-state index in [1.807, 2.05) is 65.9 Å². The van der Waals surface area contributed by atoms with Crippen molar-refractivity contribution in [3.05, 3.63) is 70.9 Å². The summed E-state index contributed by atoms with van der Waals surface area (Å²) in [5.41, 5.74) is 5.04. The van der Waals surface area contributed by atoms with Gasteiger partial charge in [-0.3, -0.25) is 4.79 Å². The molecule has 31 heavy (non-hydrogen) atoms. The molecule has 2 aromatic carbocycles. The van der Waals surface area contributed by atoms with Crippen molar-refractivity contribution in [3.8, 4) is 17.3 Å². The van der Waals surface area contributed by atoms with Crippen LogP contribution in [0.4, 0.5) is 0 Å². The molecule has 0 radical (unpaired) electrons. The zero-order valence-electron chi connectivity index (χ0n) is 18.4. The molecule has 0 bridgehead atoms. The number of nitrogens with zero attached hydrogens (tertiary/aromatic N) is 3. The highest BCUT2D eigenvalue weighted by molar-refractivity contribution is 5.76. The molecule has 0 spiro atoms. The van der Waals surface area contributed by atoms with Gasteiger partial charge in [0.15, 0.2) is 0 Å². The summed E-state index contributed by atoms with van der Waals surface area (Å²) in [6, 6.07) is 16.1. The molecule has 162 valence electrons. The topological polar surface area (TPSA) is 56.6 Å². The first kappa shape index (κ1) is 21.1. The zero-order valence-corrected chi connectivity index (χ0v) is 18.4. The molecule has 0 unspecified atom stereocenters. The van der Waals surface area contributed by atoms with Crippen molar-refractivity contribution in [1.82, 2.24) is 14.7 Å². The fraction of sp³-hybridized carbons (Fsp3) is 0.360. The van der Waals surface area contributed by atoms with E-state index in [0.29, 0.717) is 45.0 Å². The summed E-state index contributed by atoms with van der Waals surface area (Å²) in [6.07, 6.45) is 1.000. The Morgan fingerprint density at radius 3 is 2.58 bits per heavy atom. The van der Waals surface area contributed by atoms with Crippen molar-refractivity contribution in [1.29, 1.82) is 0 Å². The number of para-hydroxylation sites is 1. The molecule has 0 aliphatic carbocycles. The quantitative estimate of drug-likeness (QED) is 0.595. The van der Waals surface area contributed by atoms with Gasteiger partial charge in [-0.15, -0.1) is 0 Å². The van der Waals surface area contributed by atoms with Gasteiger partial charge < -0.3 is 14.4 Å². The van der Waals surface area contributed by atoms with E-state index in [4.69, 9.17) is 14.6 Å². The Hall–Kier alpha value is -3.12. The maximum absolute atomic E-state index is 12.7. The maximum atomic E-state index is 12.7. The Kier molecular flexibility index (Phi) is 6.37. The maximum Gasteiger partial charge on any atom is 0.226 e. The standard InChI is InChI=1S/C25H29N3O3/c1-18-7-6-9-21(17-18)31-25-22(11-12-24(29)27-13-15-30-16-14-27)20(3)26-28(25)23-10-5-4-8-19(23)2/h4-10,17H,11-16H2,1-3H3. The van der Waals surface area contributed by atoms with Gasteiger partial charge >= 0.3 is 0 Å². The number of rotatable bonds is 6. The highest BCUT2D eigenvalue weighted by atomic mass is 16.5. The van der Waals surface area contributed by atoms with E-state index in [9.17, 15) is 4.79 Å². The lowest BCUT2D eigenvalue weighted by atomic mass is 10.1. The van der Waals surface area contributed by atoms with Gasteiger partial charge in [-0.1, -0.05) is 30.3 Å². The highest BCUT2D eigenvalue weighted by Gasteiger charge is 2.23. The van der Waals surface area contributed by atoms with E-state index in [1.54, 1.807) is 0 Å². The summed E-state index contributed by atoms with van der Waals surface area (Å²) in [5.74, 6) is 1.58. The van der Waals surface area contributed by atoms with Crippen LogP contribution in [0.2, 0.25) is 0 Å². The lowest BCUT2D eigenvalue weighted by Gasteiger charge is -2.26. The van der Waals surface area contributed by atoms with E-state index in [-0.39, 0.29) is 5.91 Å². The Morgan fingerprint density at radius 2 is 1.84 bits per heavy atom. The minimum Gasteiger partial charge on any atom is -0.439 e. The number of ether oxygens (including phenoxy) is 2. The van der Waals surface area contributed by atoms with Crippen LogP contribution in [0.3, 0.4) is 0 Å². The lowest BCUT2D eigenvalue weighted by molar-refractivity contribution is -0.135. The zero-order chi connectivity index (χ0) is 21.8. The number of carbonyl (C=O) groups excluding carboxylic acids is 1. The van der Waals surface area contributed by atoms with Gasteiger partial charge in [0.05, 0.1) is 24.6 Å².